The van der Waals surface area contributed by atoms with Crippen molar-refractivity contribution in [2.75, 3.05) is 32.6 Å². The number of benzene rings is 2. The van der Waals surface area contributed by atoms with Gasteiger partial charge in [0.1, 0.15) is 11.5 Å². The second-order valence-corrected chi connectivity index (χ2v) is 6.72. The minimum Gasteiger partial charge on any atom is -0.497 e. The van der Waals surface area contributed by atoms with Gasteiger partial charge in [0.2, 0.25) is 11.8 Å². The Kier molecular flexibility index (Phi) is 7.96. The Bertz CT molecular complexity index is 838. The van der Waals surface area contributed by atoms with Crippen molar-refractivity contribution < 1.29 is 19.1 Å². The predicted molar refractivity (Wildman–Crippen MR) is 111 cm³/mol. The molecule has 0 fully saturated rings. The highest BCUT2D eigenvalue weighted by Gasteiger charge is 2.19. The van der Waals surface area contributed by atoms with Gasteiger partial charge in [-0.3, -0.25) is 9.59 Å². The van der Waals surface area contributed by atoms with Gasteiger partial charge in [0, 0.05) is 12.1 Å². The van der Waals surface area contributed by atoms with Crippen molar-refractivity contribution in [3.05, 3.63) is 52.0 Å². The van der Waals surface area contributed by atoms with Crippen LogP contribution in [0.15, 0.2) is 36.4 Å². The summed E-state index contributed by atoms with van der Waals surface area (Å²) >= 11 is 12.1. The summed E-state index contributed by atoms with van der Waals surface area (Å²) in [5.41, 5.74) is 1.01. The summed E-state index contributed by atoms with van der Waals surface area (Å²) in [5, 5.41) is 3.32. The summed E-state index contributed by atoms with van der Waals surface area (Å²) < 4.78 is 10.5. The third-order valence-electron chi connectivity index (χ3n) is 4.13. The standard InChI is InChI=1S/C20H22Cl2N2O4/c1-4-24(12-18(25)23-20-15(21)6-5-7-16(20)22)19(26)11-13-10-14(27-2)8-9-17(13)28-3/h5-10H,4,11-12H2,1-3H3,(H,23,25). The average Bonchev–Trinajstić information content (AvgIpc) is 2.68. The molecule has 28 heavy (non-hydrogen) atoms. The molecule has 2 amide bonds. The Balaban J connectivity index is 2.08. The van der Waals surface area contributed by atoms with Gasteiger partial charge in [-0.05, 0) is 37.3 Å². The quantitative estimate of drug-likeness (QED) is 0.693. The molecule has 0 aliphatic rings. The fraction of sp³-hybridized carbons (Fsp3) is 0.300. The summed E-state index contributed by atoms with van der Waals surface area (Å²) in [4.78, 5) is 26.6. The number of likely N-dealkylation sites (N-methyl/N-ethyl adjacent to an activating group) is 1. The van der Waals surface area contributed by atoms with Crippen molar-refractivity contribution in [3.63, 3.8) is 0 Å². The molecule has 1 N–H and O–H groups in total. The van der Waals surface area contributed by atoms with E-state index in [2.05, 4.69) is 5.32 Å². The molecule has 0 atom stereocenters. The van der Waals surface area contributed by atoms with Crippen LogP contribution in [0.3, 0.4) is 0 Å². The molecule has 0 spiro atoms. The van der Waals surface area contributed by atoms with Crippen molar-refractivity contribution in [1.29, 1.82) is 0 Å². The van der Waals surface area contributed by atoms with E-state index in [0.717, 1.165) is 0 Å². The number of methoxy groups -OCH3 is 2. The van der Waals surface area contributed by atoms with Gasteiger partial charge in [0.15, 0.2) is 0 Å². The Hall–Kier alpha value is -2.44. The van der Waals surface area contributed by atoms with Crippen LogP contribution in [-0.4, -0.2) is 44.0 Å². The van der Waals surface area contributed by atoms with Crippen LogP contribution in [0, 0.1) is 0 Å². The van der Waals surface area contributed by atoms with E-state index < -0.39 is 0 Å². The first kappa shape index (κ1) is 21.9. The predicted octanol–water partition coefficient (Wildman–Crippen LogP) is 4.04. The third kappa shape index (κ3) is 5.53. The zero-order valence-electron chi connectivity index (χ0n) is 15.9. The van der Waals surface area contributed by atoms with E-state index in [1.807, 2.05) is 0 Å². The minimum absolute atomic E-state index is 0.0777. The lowest BCUT2D eigenvalue weighted by molar-refractivity contribution is -0.133. The van der Waals surface area contributed by atoms with Crippen molar-refractivity contribution >= 4 is 40.7 Å². The number of ether oxygens (including phenoxy) is 2. The second kappa shape index (κ2) is 10.2. The zero-order chi connectivity index (χ0) is 20.7. The van der Waals surface area contributed by atoms with E-state index in [9.17, 15) is 9.59 Å². The largest absolute Gasteiger partial charge is 0.497 e. The van der Waals surface area contributed by atoms with Crippen molar-refractivity contribution in [3.8, 4) is 11.5 Å². The first-order valence-corrected chi connectivity index (χ1v) is 9.37. The summed E-state index contributed by atoms with van der Waals surface area (Å²) in [6, 6.07) is 10.2. The molecule has 0 heterocycles. The summed E-state index contributed by atoms with van der Waals surface area (Å²) in [6.45, 7) is 2.05. The highest BCUT2D eigenvalue weighted by molar-refractivity contribution is 6.39. The number of para-hydroxylation sites is 1. The fourth-order valence-corrected chi connectivity index (χ4v) is 3.13. The van der Waals surface area contributed by atoms with Gasteiger partial charge >= 0.3 is 0 Å². The lowest BCUT2D eigenvalue weighted by atomic mass is 10.1. The number of anilines is 1. The van der Waals surface area contributed by atoms with Crippen LogP contribution in [0.25, 0.3) is 0 Å². The van der Waals surface area contributed by atoms with E-state index in [0.29, 0.717) is 39.3 Å². The third-order valence-corrected chi connectivity index (χ3v) is 4.76. The molecule has 8 heteroatoms. The Morgan fingerprint density at radius 1 is 1.07 bits per heavy atom. The van der Waals surface area contributed by atoms with Crippen LogP contribution in [-0.2, 0) is 16.0 Å². The maximum atomic E-state index is 12.7. The SMILES string of the molecule is CCN(CC(=O)Nc1c(Cl)cccc1Cl)C(=O)Cc1cc(OC)ccc1OC. The first-order valence-electron chi connectivity index (χ1n) is 8.62. The molecular weight excluding hydrogens is 403 g/mol. The highest BCUT2D eigenvalue weighted by atomic mass is 35.5. The van der Waals surface area contributed by atoms with Crippen molar-refractivity contribution in [1.82, 2.24) is 4.90 Å². The lowest BCUT2D eigenvalue weighted by Gasteiger charge is -2.21. The lowest BCUT2D eigenvalue weighted by Crippen LogP contribution is -2.38. The first-order chi connectivity index (χ1) is 13.4. The van der Waals surface area contributed by atoms with Crippen LogP contribution >= 0.6 is 23.2 Å². The molecule has 0 aliphatic heterocycles. The number of halogens is 2. The Labute approximate surface area is 174 Å². The average molecular weight is 425 g/mol. The van der Waals surface area contributed by atoms with Gasteiger partial charge in [0.05, 0.1) is 42.9 Å². The molecule has 0 unspecified atom stereocenters. The number of nitrogens with zero attached hydrogens (tertiary/aromatic N) is 1. The second-order valence-electron chi connectivity index (χ2n) is 5.91. The van der Waals surface area contributed by atoms with E-state index in [1.165, 1.54) is 12.0 Å². The number of nitrogens with one attached hydrogen (secondary N) is 1. The summed E-state index contributed by atoms with van der Waals surface area (Å²) in [5.74, 6) is 0.604. The van der Waals surface area contributed by atoms with E-state index in [-0.39, 0.29) is 24.8 Å². The van der Waals surface area contributed by atoms with Gasteiger partial charge in [-0.2, -0.15) is 0 Å². The maximum Gasteiger partial charge on any atom is 0.244 e. The molecule has 2 aromatic carbocycles. The molecule has 0 saturated heterocycles. The van der Waals surface area contributed by atoms with Crippen molar-refractivity contribution in [2.45, 2.75) is 13.3 Å². The zero-order valence-corrected chi connectivity index (χ0v) is 17.4. The van der Waals surface area contributed by atoms with Crippen molar-refractivity contribution in [2.24, 2.45) is 0 Å². The number of hydrogen-bond acceptors (Lipinski definition) is 4. The van der Waals surface area contributed by atoms with Gasteiger partial charge in [-0.15, -0.1) is 0 Å². The van der Waals surface area contributed by atoms with Gasteiger partial charge in [0.25, 0.3) is 0 Å². The maximum absolute atomic E-state index is 12.7. The van der Waals surface area contributed by atoms with Gasteiger partial charge < -0.3 is 19.7 Å². The number of carbonyl (C=O) groups is 2. The number of amides is 2. The molecule has 0 radical (unpaired) electrons. The topological polar surface area (TPSA) is 67.9 Å². The molecule has 6 nitrogen and oxygen atoms in total. The van der Waals surface area contributed by atoms with Crippen LogP contribution in [0.4, 0.5) is 5.69 Å². The van der Waals surface area contributed by atoms with Gasteiger partial charge in [-0.25, -0.2) is 0 Å². The Morgan fingerprint density at radius 3 is 2.32 bits per heavy atom. The van der Waals surface area contributed by atoms with Crippen LogP contribution in [0.5, 0.6) is 11.5 Å². The molecular formula is C20H22Cl2N2O4. The molecule has 0 aliphatic carbocycles. The molecule has 2 rings (SSSR count). The summed E-state index contributed by atoms with van der Waals surface area (Å²) in [6.07, 6.45) is 0.0777. The Morgan fingerprint density at radius 2 is 1.75 bits per heavy atom. The molecule has 2 aromatic rings. The molecule has 150 valence electrons. The minimum atomic E-state index is -0.386. The van der Waals surface area contributed by atoms with Crippen LogP contribution < -0.4 is 14.8 Å². The molecule has 0 bridgehead atoms. The van der Waals surface area contributed by atoms with Crippen LogP contribution in [0.2, 0.25) is 10.0 Å². The normalized spacial score (nSPS) is 10.3. The number of rotatable bonds is 8. The number of carbonyl (C=O) groups excluding carboxylic acids is 2. The molecule has 0 aromatic heterocycles. The smallest absolute Gasteiger partial charge is 0.244 e. The van der Waals surface area contributed by atoms with E-state index >= 15 is 0 Å². The summed E-state index contributed by atoms with van der Waals surface area (Å²) in [7, 11) is 3.09. The molecule has 0 saturated carbocycles. The highest BCUT2D eigenvalue weighted by Crippen LogP contribution is 2.29. The van der Waals surface area contributed by atoms with Gasteiger partial charge in [-0.1, -0.05) is 29.3 Å². The number of hydrogen-bond donors (Lipinski definition) is 1. The monoisotopic (exact) mass is 424 g/mol. The van der Waals surface area contributed by atoms with E-state index in [4.69, 9.17) is 32.7 Å². The fourth-order valence-electron chi connectivity index (χ4n) is 2.64. The van der Waals surface area contributed by atoms with E-state index in [1.54, 1.807) is 50.4 Å². The van der Waals surface area contributed by atoms with Crippen LogP contribution in [0.1, 0.15) is 12.5 Å².